The van der Waals surface area contributed by atoms with Crippen molar-refractivity contribution < 1.29 is 14.5 Å². The molecule has 0 bridgehead atoms. The molecule has 1 aromatic rings. The van der Waals surface area contributed by atoms with Crippen molar-refractivity contribution in [1.82, 2.24) is 4.57 Å². The van der Waals surface area contributed by atoms with Crippen LogP contribution in [0.5, 0.6) is 0 Å². The molecule has 2 rings (SSSR count). The Morgan fingerprint density at radius 1 is 1.54 bits per heavy atom. The standard InChI is InChI=1S/C16H16Br2N2O4/c1-4-5-19-7-10(12(8-19)20(22)23)9-24-15(21)14-11(6-13(17)18)16(14,2)3/h1,6-8,11,14H,5,9H2,2-3H3/t11-,14-/m0/s1. The SMILES string of the molecule is C#CCn1cc(COC(=O)[C@@H]2[C@H](C=C(Br)Br)C2(C)C)c([N+](=O)[O-])c1. The van der Waals surface area contributed by atoms with Gasteiger partial charge in [-0.2, -0.15) is 0 Å². The third kappa shape index (κ3) is 3.90. The van der Waals surface area contributed by atoms with Gasteiger partial charge in [0.2, 0.25) is 0 Å². The Bertz CT molecular complexity index is 742. The van der Waals surface area contributed by atoms with Crippen LogP contribution in [-0.2, 0) is 22.7 Å². The van der Waals surface area contributed by atoms with Gasteiger partial charge in [0.15, 0.2) is 0 Å². The van der Waals surface area contributed by atoms with Crippen molar-refractivity contribution in [2.75, 3.05) is 0 Å². The minimum absolute atomic E-state index is 0.0553. The number of halogens is 2. The fourth-order valence-electron chi connectivity index (χ4n) is 2.83. The molecule has 0 aromatic carbocycles. The van der Waals surface area contributed by atoms with Crippen molar-refractivity contribution in [3.63, 3.8) is 0 Å². The van der Waals surface area contributed by atoms with Crippen LogP contribution in [0.15, 0.2) is 21.9 Å². The van der Waals surface area contributed by atoms with Gasteiger partial charge in [-0.3, -0.25) is 14.9 Å². The molecule has 0 amide bonds. The van der Waals surface area contributed by atoms with Gasteiger partial charge in [-0.1, -0.05) is 25.8 Å². The van der Waals surface area contributed by atoms with Gasteiger partial charge < -0.3 is 9.30 Å². The van der Waals surface area contributed by atoms with E-state index in [0.29, 0.717) is 5.56 Å². The maximum absolute atomic E-state index is 12.3. The van der Waals surface area contributed by atoms with E-state index >= 15 is 0 Å². The first-order valence-corrected chi connectivity index (χ1v) is 8.73. The summed E-state index contributed by atoms with van der Waals surface area (Å²) < 4.78 is 7.62. The number of esters is 1. The van der Waals surface area contributed by atoms with Gasteiger partial charge in [-0.25, -0.2) is 0 Å². The minimum Gasteiger partial charge on any atom is -0.460 e. The molecule has 8 heteroatoms. The lowest BCUT2D eigenvalue weighted by atomic mass is 10.1. The molecule has 0 radical (unpaired) electrons. The molecular weight excluding hydrogens is 444 g/mol. The van der Waals surface area contributed by atoms with E-state index in [4.69, 9.17) is 11.2 Å². The van der Waals surface area contributed by atoms with Crippen LogP contribution in [0.2, 0.25) is 0 Å². The van der Waals surface area contributed by atoms with Gasteiger partial charge in [-0.15, -0.1) is 6.42 Å². The van der Waals surface area contributed by atoms with Crippen molar-refractivity contribution in [1.29, 1.82) is 0 Å². The van der Waals surface area contributed by atoms with Gasteiger partial charge in [0.25, 0.3) is 5.69 Å². The number of nitro groups is 1. The topological polar surface area (TPSA) is 74.4 Å². The number of rotatable bonds is 6. The van der Waals surface area contributed by atoms with Gasteiger partial charge >= 0.3 is 5.97 Å². The fourth-order valence-corrected chi connectivity index (χ4v) is 3.40. The van der Waals surface area contributed by atoms with E-state index in [9.17, 15) is 14.9 Å². The van der Waals surface area contributed by atoms with E-state index in [0.717, 1.165) is 3.39 Å². The Hall–Kier alpha value is -1.59. The Morgan fingerprint density at radius 2 is 2.21 bits per heavy atom. The molecule has 24 heavy (non-hydrogen) atoms. The highest BCUT2D eigenvalue weighted by molar-refractivity contribution is 9.28. The molecule has 6 nitrogen and oxygen atoms in total. The highest BCUT2D eigenvalue weighted by Gasteiger charge is 2.61. The first-order chi connectivity index (χ1) is 11.2. The molecule has 1 saturated carbocycles. The lowest BCUT2D eigenvalue weighted by molar-refractivity contribution is -0.385. The van der Waals surface area contributed by atoms with Gasteiger partial charge in [0.1, 0.15) is 6.61 Å². The molecule has 1 aliphatic rings. The molecule has 1 fully saturated rings. The Balaban J connectivity index is 2.06. The van der Waals surface area contributed by atoms with E-state index in [1.54, 1.807) is 0 Å². The normalized spacial score (nSPS) is 20.8. The van der Waals surface area contributed by atoms with Crippen LogP contribution >= 0.6 is 31.9 Å². The van der Waals surface area contributed by atoms with Crippen molar-refractivity contribution in [2.45, 2.75) is 27.0 Å². The first kappa shape index (κ1) is 18.7. The van der Waals surface area contributed by atoms with Crippen LogP contribution in [0, 0.1) is 39.7 Å². The largest absolute Gasteiger partial charge is 0.460 e. The number of carbonyl (C=O) groups is 1. The van der Waals surface area contributed by atoms with E-state index in [-0.39, 0.29) is 42.1 Å². The molecule has 128 valence electrons. The first-order valence-electron chi connectivity index (χ1n) is 7.14. The average molecular weight is 460 g/mol. The summed E-state index contributed by atoms with van der Waals surface area (Å²) in [5.74, 6) is 1.84. The number of hydrogen-bond donors (Lipinski definition) is 0. The van der Waals surface area contributed by atoms with Crippen LogP contribution in [0.3, 0.4) is 0 Å². The zero-order valence-electron chi connectivity index (χ0n) is 13.2. The highest BCUT2D eigenvalue weighted by atomic mass is 79.9. The van der Waals surface area contributed by atoms with Crippen molar-refractivity contribution >= 4 is 43.5 Å². The Morgan fingerprint density at radius 3 is 2.75 bits per heavy atom. The van der Waals surface area contributed by atoms with Crippen molar-refractivity contribution in [3.05, 3.63) is 37.5 Å². The smallest absolute Gasteiger partial charge is 0.310 e. The van der Waals surface area contributed by atoms with Crippen molar-refractivity contribution in [3.8, 4) is 12.3 Å². The molecule has 1 aliphatic carbocycles. The van der Waals surface area contributed by atoms with Gasteiger partial charge in [0.05, 0.1) is 32.5 Å². The highest BCUT2D eigenvalue weighted by Crippen LogP contribution is 2.60. The summed E-state index contributed by atoms with van der Waals surface area (Å²) in [6, 6.07) is 0. The fraction of sp³-hybridized carbons (Fsp3) is 0.438. The molecule has 0 unspecified atom stereocenters. The monoisotopic (exact) mass is 458 g/mol. The number of carbonyl (C=O) groups excluding carboxylic acids is 1. The quantitative estimate of drug-likeness (QED) is 0.279. The summed E-state index contributed by atoms with van der Waals surface area (Å²) in [5, 5.41) is 11.1. The molecule has 1 aromatic heterocycles. The van der Waals surface area contributed by atoms with Crippen LogP contribution in [0.1, 0.15) is 19.4 Å². The molecular formula is C16H16Br2N2O4. The van der Waals surface area contributed by atoms with Crippen molar-refractivity contribution in [2.24, 2.45) is 17.3 Å². The Labute approximate surface area is 156 Å². The van der Waals surface area contributed by atoms with Crippen LogP contribution in [0.25, 0.3) is 0 Å². The second-order valence-electron chi connectivity index (χ2n) is 6.19. The molecule has 0 spiro atoms. The van der Waals surface area contributed by atoms with E-state index in [1.165, 1.54) is 17.0 Å². The third-order valence-corrected chi connectivity index (χ3v) is 4.78. The number of ether oxygens (including phenoxy) is 1. The molecule has 0 N–H and O–H groups in total. The predicted octanol–water partition coefficient (Wildman–Crippen LogP) is 3.98. The average Bonchev–Trinajstić information content (AvgIpc) is 2.82. The number of allylic oxidation sites excluding steroid dienone is 1. The Kier molecular flexibility index (Phi) is 5.56. The number of aromatic nitrogens is 1. The third-order valence-electron chi connectivity index (χ3n) is 4.25. The second kappa shape index (κ2) is 7.11. The summed E-state index contributed by atoms with van der Waals surface area (Å²) in [4.78, 5) is 22.9. The number of nitrogens with zero attached hydrogens (tertiary/aromatic N) is 2. The molecule has 0 saturated heterocycles. The van der Waals surface area contributed by atoms with Gasteiger partial charge in [0, 0.05) is 6.20 Å². The summed E-state index contributed by atoms with van der Waals surface area (Å²) in [6.07, 6.45) is 10.0. The maximum Gasteiger partial charge on any atom is 0.310 e. The zero-order chi connectivity index (χ0) is 18.1. The van der Waals surface area contributed by atoms with E-state index in [1.807, 2.05) is 19.9 Å². The molecule has 0 aliphatic heterocycles. The maximum atomic E-state index is 12.3. The summed E-state index contributed by atoms with van der Waals surface area (Å²) in [6.45, 7) is 4.03. The molecule has 2 atom stereocenters. The summed E-state index contributed by atoms with van der Waals surface area (Å²) in [7, 11) is 0. The number of hydrogen-bond acceptors (Lipinski definition) is 4. The lowest BCUT2D eigenvalue weighted by Gasteiger charge is -2.04. The van der Waals surface area contributed by atoms with Crippen LogP contribution in [0.4, 0.5) is 5.69 Å². The van der Waals surface area contributed by atoms with Crippen LogP contribution < -0.4 is 0 Å². The second-order valence-corrected chi connectivity index (χ2v) is 8.96. The number of terminal acetylenes is 1. The van der Waals surface area contributed by atoms with E-state index < -0.39 is 4.92 Å². The minimum atomic E-state index is -0.509. The molecule has 1 heterocycles. The zero-order valence-corrected chi connectivity index (χ0v) is 16.3. The van der Waals surface area contributed by atoms with Crippen LogP contribution in [-0.4, -0.2) is 15.5 Å². The predicted molar refractivity (Wildman–Crippen MR) is 96.4 cm³/mol. The van der Waals surface area contributed by atoms with Gasteiger partial charge in [-0.05, 0) is 43.2 Å². The van der Waals surface area contributed by atoms with E-state index in [2.05, 4.69) is 37.8 Å². The summed E-state index contributed by atoms with van der Waals surface area (Å²) in [5.41, 5.74) is 0.0224. The lowest BCUT2D eigenvalue weighted by Crippen LogP contribution is -2.11. The summed E-state index contributed by atoms with van der Waals surface area (Å²) >= 11 is 6.59.